The summed E-state index contributed by atoms with van der Waals surface area (Å²) in [7, 11) is 0. The van der Waals surface area contributed by atoms with Gasteiger partial charge in [-0.25, -0.2) is 4.98 Å². The Hall–Kier alpha value is -2.37. The molecular weight excluding hydrogens is 218 g/mol. The predicted molar refractivity (Wildman–Crippen MR) is 63.1 cm³/mol. The van der Waals surface area contributed by atoms with E-state index in [9.17, 15) is 4.79 Å². The molecule has 17 heavy (non-hydrogen) atoms. The number of hydrogen-bond donors (Lipinski definition) is 3. The standard InChI is InChI=1S/C11H13N5O/c1-7(8-5-13-14-6-8)15-11(17)9-3-2-4-10(12)16-9/h2-7H,1H3,(H2,12,16)(H,13,14)(H,15,17). The zero-order chi connectivity index (χ0) is 12.3. The minimum absolute atomic E-state index is 0.135. The molecule has 0 radical (unpaired) electrons. The SMILES string of the molecule is CC(NC(=O)c1cccc(N)n1)c1cn[nH]c1. The lowest BCUT2D eigenvalue weighted by Crippen LogP contribution is -2.27. The molecule has 1 unspecified atom stereocenters. The van der Waals surface area contributed by atoms with E-state index in [1.54, 1.807) is 30.6 Å². The van der Waals surface area contributed by atoms with Gasteiger partial charge in [-0.05, 0) is 19.1 Å². The second-order valence-corrected chi connectivity index (χ2v) is 3.67. The van der Waals surface area contributed by atoms with Crippen LogP contribution in [0.15, 0.2) is 30.6 Å². The highest BCUT2D eigenvalue weighted by atomic mass is 16.1. The predicted octanol–water partition coefficient (Wildman–Crippen LogP) is 0.878. The third-order valence-electron chi connectivity index (χ3n) is 2.37. The number of nitrogens with zero attached hydrogens (tertiary/aromatic N) is 2. The number of pyridine rings is 1. The molecule has 0 bridgehead atoms. The molecule has 4 N–H and O–H groups in total. The van der Waals surface area contributed by atoms with Crippen LogP contribution in [0.5, 0.6) is 0 Å². The first-order chi connectivity index (χ1) is 8.16. The molecule has 2 rings (SSSR count). The van der Waals surface area contributed by atoms with E-state index >= 15 is 0 Å². The quantitative estimate of drug-likeness (QED) is 0.730. The van der Waals surface area contributed by atoms with E-state index in [0.29, 0.717) is 11.5 Å². The number of aromatic nitrogens is 3. The number of carbonyl (C=O) groups is 1. The van der Waals surface area contributed by atoms with Crippen molar-refractivity contribution in [3.05, 3.63) is 41.9 Å². The number of hydrogen-bond acceptors (Lipinski definition) is 4. The molecule has 88 valence electrons. The molecule has 2 aromatic rings. The average Bonchev–Trinajstić information content (AvgIpc) is 2.82. The summed E-state index contributed by atoms with van der Waals surface area (Å²) in [5.41, 5.74) is 6.73. The summed E-state index contributed by atoms with van der Waals surface area (Å²) < 4.78 is 0. The summed E-state index contributed by atoms with van der Waals surface area (Å²) in [4.78, 5) is 15.8. The number of aromatic amines is 1. The van der Waals surface area contributed by atoms with Crippen LogP contribution in [-0.4, -0.2) is 21.1 Å². The monoisotopic (exact) mass is 231 g/mol. The minimum Gasteiger partial charge on any atom is -0.384 e. The summed E-state index contributed by atoms with van der Waals surface area (Å²) in [6, 6.07) is 4.81. The van der Waals surface area contributed by atoms with Gasteiger partial charge >= 0.3 is 0 Å². The van der Waals surface area contributed by atoms with Gasteiger partial charge in [0.05, 0.1) is 12.2 Å². The molecule has 0 fully saturated rings. The molecule has 0 aromatic carbocycles. The van der Waals surface area contributed by atoms with Crippen molar-refractivity contribution in [2.75, 3.05) is 5.73 Å². The second-order valence-electron chi connectivity index (χ2n) is 3.67. The zero-order valence-electron chi connectivity index (χ0n) is 9.34. The molecule has 0 spiro atoms. The Morgan fingerprint density at radius 1 is 1.53 bits per heavy atom. The van der Waals surface area contributed by atoms with Gasteiger partial charge in [0.1, 0.15) is 11.5 Å². The first-order valence-electron chi connectivity index (χ1n) is 5.19. The fourth-order valence-electron chi connectivity index (χ4n) is 1.43. The van der Waals surface area contributed by atoms with Gasteiger partial charge in [0.25, 0.3) is 5.91 Å². The van der Waals surface area contributed by atoms with Gasteiger partial charge in [-0.1, -0.05) is 6.07 Å². The molecular formula is C11H13N5O. The summed E-state index contributed by atoms with van der Waals surface area (Å²) in [6.45, 7) is 1.87. The lowest BCUT2D eigenvalue weighted by molar-refractivity contribution is 0.0935. The third kappa shape index (κ3) is 2.60. The number of carbonyl (C=O) groups excluding carboxylic acids is 1. The van der Waals surface area contributed by atoms with Gasteiger partial charge in [0, 0.05) is 11.8 Å². The molecule has 0 aliphatic rings. The Kier molecular flexibility index (Phi) is 3.04. The van der Waals surface area contributed by atoms with Gasteiger partial charge in [-0.2, -0.15) is 5.10 Å². The van der Waals surface area contributed by atoms with Crippen LogP contribution in [0.25, 0.3) is 0 Å². The molecule has 2 heterocycles. The van der Waals surface area contributed by atoms with Gasteiger partial charge < -0.3 is 11.1 Å². The van der Waals surface area contributed by atoms with Crippen molar-refractivity contribution < 1.29 is 4.79 Å². The van der Waals surface area contributed by atoms with E-state index in [1.807, 2.05) is 6.92 Å². The van der Waals surface area contributed by atoms with Crippen molar-refractivity contribution in [3.63, 3.8) is 0 Å². The van der Waals surface area contributed by atoms with E-state index in [4.69, 9.17) is 5.73 Å². The number of nitrogen functional groups attached to an aromatic ring is 1. The average molecular weight is 231 g/mol. The minimum atomic E-state index is -0.258. The fourth-order valence-corrected chi connectivity index (χ4v) is 1.43. The van der Waals surface area contributed by atoms with Crippen molar-refractivity contribution in [3.8, 4) is 0 Å². The number of nitrogens with one attached hydrogen (secondary N) is 2. The van der Waals surface area contributed by atoms with Crippen LogP contribution >= 0.6 is 0 Å². The van der Waals surface area contributed by atoms with Crippen LogP contribution in [0.3, 0.4) is 0 Å². The first-order valence-corrected chi connectivity index (χ1v) is 5.19. The number of amides is 1. The lowest BCUT2D eigenvalue weighted by atomic mass is 10.2. The molecule has 1 amide bonds. The van der Waals surface area contributed by atoms with Crippen LogP contribution in [0.1, 0.15) is 29.0 Å². The fraction of sp³-hybridized carbons (Fsp3) is 0.182. The van der Waals surface area contributed by atoms with Crippen molar-refractivity contribution in [2.45, 2.75) is 13.0 Å². The van der Waals surface area contributed by atoms with Crippen molar-refractivity contribution >= 4 is 11.7 Å². The van der Waals surface area contributed by atoms with Gasteiger partial charge in [-0.15, -0.1) is 0 Å². The van der Waals surface area contributed by atoms with E-state index in [2.05, 4.69) is 20.5 Å². The highest BCUT2D eigenvalue weighted by Gasteiger charge is 2.13. The third-order valence-corrected chi connectivity index (χ3v) is 2.37. The molecule has 6 heteroatoms. The molecule has 1 atom stereocenters. The zero-order valence-corrected chi connectivity index (χ0v) is 9.34. The van der Waals surface area contributed by atoms with Gasteiger partial charge in [0.2, 0.25) is 0 Å². The normalized spacial score (nSPS) is 12.1. The number of rotatable bonds is 3. The van der Waals surface area contributed by atoms with Crippen LogP contribution in [0, 0.1) is 0 Å². The Bertz CT molecular complexity index is 508. The molecule has 0 saturated heterocycles. The molecule has 0 aliphatic carbocycles. The summed E-state index contributed by atoms with van der Waals surface area (Å²) in [5, 5.41) is 9.33. The van der Waals surface area contributed by atoms with E-state index in [1.165, 1.54) is 0 Å². The molecule has 0 aliphatic heterocycles. The van der Waals surface area contributed by atoms with Gasteiger partial charge in [0.15, 0.2) is 0 Å². The van der Waals surface area contributed by atoms with Crippen LogP contribution < -0.4 is 11.1 Å². The number of nitrogens with two attached hydrogens (primary N) is 1. The maximum absolute atomic E-state index is 11.8. The summed E-state index contributed by atoms with van der Waals surface area (Å²) in [5.74, 6) is 0.0691. The van der Waals surface area contributed by atoms with Crippen LogP contribution in [-0.2, 0) is 0 Å². The number of anilines is 1. The summed E-state index contributed by atoms with van der Waals surface area (Å²) in [6.07, 6.45) is 3.40. The molecule has 0 saturated carbocycles. The topological polar surface area (TPSA) is 96.7 Å². The molecule has 6 nitrogen and oxygen atoms in total. The van der Waals surface area contributed by atoms with Crippen LogP contribution in [0.2, 0.25) is 0 Å². The first kappa shape index (κ1) is 11.1. The van der Waals surface area contributed by atoms with E-state index < -0.39 is 0 Å². The summed E-state index contributed by atoms with van der Waals surface area (Å²) >= 11 is 0. The van der Waals surface area contributed by atoms with Gasteiger partial charge in [-0.3, -0.25) is 9.89 Å². The van der Waals surface area contributed by atoms with E-state index in [0.717, 1.165) is 5.56 Å². The van der Waals surface area contributed by atoms with Crippen LogP contribution in [0.4, 0.5) is 5.82 Å². The lowest BCUT2D eigenvalue weighted by Gasteiger charge is -2.11. The Balaban J connectivity index is 2.07. The second kappa shape index (κ2) is 4.65. The highest BCUT2D eigenvalue weighted by molar-refractivity contribution is 5.92. The Labute approximate surface area is 98.3 Å². The van der Waals surface area contributed by atoms with E-state index in [-0.39, 0.29) is 11.9 Å². The maximum Gasteiger partial charge on any atom is 0.270 e. The molecule has 2 aromatic heterocycles. The Morgan fingerprint density at radius 2 is 2.35 bits per heavy atom. The van der Waals surface area contributed by atoms with Crippen molar-refractivity contribution in [1.82, 2.24) is 20.5 Å². The maximum atomic E-state index is 11.8. The van der Waals surface area contributed by atoms with Crippen molar-refractivity contribution in [2.24, 2.45) is 0 Å². The number of H-pyrrole nitrogens is 1. The largest absolute Gasteiger partial charge is 0.384 e. The highest BCUT2D eigenvalue weighted by Crippen LogP contribution is 2.10. The Morgan fingerprint density at radius 3 is 3.00 bits per heavy atom. The smallest absolute Gasteiger partial charge is 0.270 e. The van der Waals surface area contributed by atoms with Crippen molar-refractivity contribution in [1.29, 1.82) is 0 Å².